The Balaban J connectivity index is 1.47. The minimum Gasteiger partial charge on any atom is -0.369 e. The van der Waals surface area contributed by atoms with Crippen LogP contribution in [0, 0.1) is 0 Å². The quantitative estimate of drug-likeness (QED) is 0.838. The van der Waals surface area contributed by atoms with Crippen molar-refractivity contribution in [3.63, 3.8) is 0 Å². The van der Waals surface area contributed by atoms with Crippen LogP contribution in [0.3, 0.4) is 0 Å². The third-order valence-electron chi connectivity index (χ3n) is 4.24. The number of carbonyl (C=O) groups is 2. The molecule has 1 aromatic rings. The zero-order valence-corrected chi connectivity index (χ0v) is 12.7. The van der Waals surface area contributed by atoms with Crippen LogP contribution >= 0.6 is 0 Å². The van der Waals surface area contributed by atoms with Crippen LogP contribution in [0.25, 0.3) is 0 Å². The average Bonchev–Trinajstić information content (AvgIpc) is 2.56. The fourth-order valence-corrected chi connectivity index (χ4v) is 2.95. The topological polar surface area (TPSA) is 55.9 Å². The van der Waals surface area contributed by atoms with Crippen molar-refractivity contribution in [2.45, 2.75) is 0 Å². The van der Waals surface area contributed by atoms with Crippen LogP contribution in [0.4, 0.5) is 5.69 Å². The molecule has 2 aliphatic heterocycles. The zero-order valence-electron chi connectivity index (χ0n) is 12.7. The SMILES string of the molecule is O=C1CN(C(=O)CN2CCN(c3ccccc3)CC2)CCN1. The maximum absolute atomic E-state index is 12.3. The van der Waals surface area contributed by atoms with E-state index in [-0.39, 0.29) is 18.4 Å². The van der Waals surface area contributed by atoms with E-state index in [9.17, 15) is 9.59 Å². The number of piperazine rings is 2. The first-order valence-electron chi connectivity index (χ1n) is 7.79. The zero-order chi connectivity index (χ0) is 15.4. The van der Waals surface area contributed by atoms with Gasteiger partial charge in [0.2, 0.25) is 11.8 Å². The van der Waals surface area contributed by atoms with E-state index in [0.717, 1.165) is 26.2 Å². The molecule has 2 fully saturated rings. The van der Waals surface area contributed by atoms with Gasteiger partial charge in [0.25, 0.3) is 0 Å². The Labute approximate surface area is 130 Å². The van der Waals surface area contributed by atoms with Gasteiger partial charge in [0.05, 0.1) is 13.1 Å². The summed E-state index contributed by atoms with van der Waals surface area (Å²) in [5.74, 6) is -0.00323. The molecule has 0 aliphatic carbocycles. The smallest absolute Gasteiger partial charge is 0.239 e. The van der Waals surface area contributed by atoms with E-state index >= 15 is 0 Å². The monoisotopic (exact) mass is 302 g/mol. The standard InChI is InChI=1S/C16H22N4O2/c21-15-12-20(7-6-17-15)16(22)13-18-8-10-19(11-9-18)14-4-2-1-3-5-14/h1-5H,6-13H2,(H,17,21). The molecule has 0 spiro atoms. The molecule has 2 saturated heterocycles. The number of hydrogen-bond acceptors (Lipinski definition) is 4. The lowest BCUT2D eigenvalue weighted by atomic mass is 10.2. The van der Waals surface area contributed by atoms with Crippen LogP contribution in [-0.4, -0.2) is 74.0 Å². The molecule has 22 heavy (non-hydrogen) atoms. The second kappa shape index (κ2) is 6.79. The average molecular weight is 302 g/mol. The number of nitrogens with zero attached hydrogens (tertiary/aromatic N) is 3. The van der Waals surface area contributed by atoms with Crippen LogP contribution in [0.15, 0.2) is 30.3 Å². The second-order valence-electron chi connectivity index (χ2n) is 5.76. The molecule has 3 rings (SSSR count). The van der Waals surface area contributed by atoms with Gasteiger partial charge in [-0.25, -0.2) is 0 Å². The summed E-state index contributed by atoms with van der Waals surface area (Å²) in [6, 6.07) is 10.4. The van der Waals surface area contributed by atoms with Gasteiger partial charge < -0.3 is 15.1 Å². The lowest BCUT2D eigenvalue weighted by Gasteiger charge is -2.37. The van der Waals surface area contributed by atoms with Crippen molar-refractivity contribution in [1.82, 2.24) is 15.1 Å². The summed E-state index contributed by atoms with van der Waals surface area (Å²) in [6.07, 6.45) is 0. The predicted octanol–water partition coefficient (Wildman–Crippen LogP) is -0.233. The highest BCUT2D eigenvalue weighted by molar-refractivity contribution is 5.86. The normalized spacial score (nSPS) is 19.9. The predicted molar refractivity (Wildman–Crippen MR) is 84.7 cm³/mol. The third kappa shape index (κ3) is 3.57. The number of anilines is 1. The van der Waals surface area contributed by atoms with Crippen molar-refractivity contribution < 1.29 is 9.59 Å². The molecule has 0 atom stereocenters. The highest BCUT2D eigenvalue weighted by Gasteiger charge is 2.24. The molecule has 6 heteroatoms. The van der Waals surface area contributed by atoms with Gasteiger partial charge in [-0.3, -0.25) is 14.5 Å². The van der Waals surface area contributed by atoms with Gasteiger partial charge in [-0.2, -0.15) is 0 Å². The van der Waals surface area contributed by atoms with E-state index in [0.29, 0.717) is 19.6 Å². The molecule has 2 amide bonds. The van der Waals surface area contributed by atoms with Crippen molar-refractivity contribution in [3.05, 3.63) is 30.3 Å². The molecular weight excluding hydrogens is 280 g/mol. The van der Waals surface area contributed by atoms with E-state index in [4.69, 9.17) is 0 Å². The van der Waals surface area contributed by atoms with Gasteiger partial charge in [-0.15, -0.1) is 0 Å². The lowest BCUT2D eigenvalue weighted by Crippen LogP contribution is -2.54. The Kier molecular flexibility index (Phi) is 4.58. The van der Waals surface area contributed by atoms with E-state index in [1.54, 1.807) is 4.90 Å². The summed E-state index contributed by atoms with van der Waals surface area (Å²) in [5, 5.41) is 2.74. The molecule has 118 valence electrons. The van der Waals surface area contributed by atoms with Crippen molar-refractivity contribution in [3.8, 4) is 0 Å². The van der Waals surface area contributed by atoms with Gasteiger partial charge >= 0.3 is 0 Å². The fourth-order valence-electron chi connectivity index (χ4n) is 2.95. The Morgan fingerprint density at radius 2 is 1.77 bits per heavy atom. The highest BCUT2D eigenvalue weighted by atomic mass is 16.2. The van der Waals surface area contributed by atoms with Crippen LogP contribution in [0.2, 0.25) is 0 Å². The largest absolute Gasteiger partial charge is 0.369 e. The number of para-hydroxylation sites is 1. The number of rotatable bonds is 3. The minimum absolute atomic E-state index is 0.0583. The Morgan fingerprint density at radius 3 is 2.45 bits per heavy atom. The number of nitrogens with one attached hydrogen (secondary N) is 1. The summed E-state index contributed by atoms with van der Waals surface area (Å²) in [6.45, 7) is 5.40. The number of carbonyl (C=O) groups excluding carboxylic acids is 2. The Morgan fingerprint density at radius 1 is 1.05 bits per heavy atom. The second-order valence-corrected chi connectivity index (χ2v) is 5.76. The molecule has 1 N–H and O–H groups in total. The molecule has 0 saturated carbocycles. The van der Waals surface area contributed by atoms with Crippen LogP contribution < -0.4 is 10.2 Å². The van der Waals surface area contributed by atoms with Gasteiger partial charge in [0.15, 0.2) is 0 Å². The maximum Gasteiger partial charge on any atom is 0.239 e. The van der Waals surface area contributed by atoms with Gasteiger partial charge in [0.1, 0.15) is 0 Å². The molecule has 0 unspecified atom stereocenters. The van der Waals surface area contributed by atoms with Crippen molar-refractivity contribution in [2.75, 3.05) is 57.3 Å². The van der Waals surface area contributed by atoms with Crippen molar-refractivity contribution in [2.24, 2.45) is 0 Å². The van der Waals surface area contributed by atoms with E-state index in [1.165, 1.54) is 5.69 Å². The van der Waals surface area contributed by atoms with E-state index < -0.39 is 0 Å². The maximum atomic E-state index is 12.3. The first kappa shape index (κ1) is 14.8. The first-order chi connectivity index (χ1) is 10.7. The summed E-state index contributed by atoms with van der Waals surface area (Å²) >= 11 is 0. The van der Waals surface area contributed by atoms with Gasteiger partial charge in [-0.1, -0.05) is 18.2 Å². The molecule has 2 heterocycles. The van der Waals surface area contributed by atoms with Gasteiger partial charge in [0, 0.05) is 45.0 Å². The van der Waals surface area contributed by atoms with Gasteiger partial charge in [-0.05, 0) is 12.1 Å². The summed E-state index contributed by atoms with van der Waals surface area (Å²) in [4.78, 5) is 29.8. The Bertz CT molecular complexity index is 526. The molecule has 0 aromatic heterocycles. The molecule has 6 nitrogen and oxygen atoms in total. The van der Waals surface area contributed by atoms with E-state index in [2.05, 4.69) is 27.2 Å². The molecule has 1 aromatic carbocycles. The molecular formula is C16H22N4O2. The molecule has 2 aliphatic rings. The van der Waals surface area contributed by atoms with Crippen molar-refractivity contribution in [1.29, 1.82) is 0 Å². The first-order valence-corrected chi connectivity index (χ1v) is 7.79. The molecule has 0 radical (unpaired) electrons. The number of amides is 2. The minimum atomic E-state index is -0.0616. The molecule has 0 bridgehead atoms. The Hall–Kier alpha value is -2.08. The third-order valence-corrected chi connectivity index (χ3v) is 4.24. The highest BCUT2D eigenvalue weighted by Crippen LogP contribution is 2.15. The fraction of sp³-hybridized carbons (Fsp3) is 0.500. The van der Waals surface area contributed by atoms with Crippen LogP contribution in [0.1, 0.15) is 0 Å². The van der Waals surface area contributed by atoms with E-state index in [1.807, 2.05) is 18.2 Å². The van der Waals surface area contributed by atoms with Crippen molar-refractivity contribution >= 4 is 17.5 Å². The van der Waals surface area contributed by atoms with Crippen LogP contribution in [-0.2, 0) is 9.59 Å². The summed E-state index contributed by atoms with van der Waals surface area (Å²) in [7, 11) is 0. The number of benzene rings is 1. The lowest BCUT2D eigenvalue weighted by molar-refractivity contribution is -0.139. The summed E-state index contributed by atoms with van der Waals surface area (Å²) in [5.41, 5.74) is 1.24. The number of hydrogen-bond donors (Lipinski definition) is 1. The summed E-state index contributed by atoms with van der Waals surface area (Å²) < 4.78 is 0. The van der Waals surface area contributed by atoms with Crippen LogP contribution in [0.5, 0.6) is 0 Å².